The van der Waals surface area contributed by atoms with Crippen LogP contribution >= 0.6 is 11.6 Å². The van der Waals surface area contributed by atoms with Crippen LogP contribution in [0, 0.1) is 0 Å². The van der Waals surface area contributed by atoms with Gasteiger partial charge in [-0.3, -0.25) is 4.79 Å². The normalized spacial score (nSPS) is 16.9. The van der Waals surface area contributed by atoms with Crippen molar-refractivity contribution in [2.75, 3.05) is 4.90 Å². The molecule has 1 atom stereocenters. The SMILES string of the molecule is CCCCC1=C(C)C(=O)NC(Cl)N1c1ccccc1-c1ccc(C(=O)O)cc1. The van der Waals surface area contributed by atoms with E-state index < -0.39 is 11.6 Å². The zero-order chi connectivity index (χ0) is 20.3. The quantitative estimate of drug-likeness (QED) is 0.532. The molecule has 0 aromatic heterocycles. The summed E-state index contributed by atoms with van der Waals surface area (Å²) in [4.78, 5) is 25.4. The van der Waals surface area contributed by atoms with E-state index in [0.29, 0.717) is 5.57 Å². The Kier molecular flexibility index (Phi) is 6.05. The number of benzene rings is 2. The Labute approximate surface area is 169 Å². The third-order valence-electron chi connectivity index (χ3n) is 4.91. The van der Waals surface area contributed by atoms with Crippen LogP contribution < -0.4 is 10.2 Å². The third kappa shape index (κ3) is 3.90. The van der Waals surface area contributed by atoms with Crippen LogP contribution in [0.5, 0.6) is 0 Å². The number of carbonyl (C=O) groups is 2. The first kappa shape index (κ1) is 20.0. The average Bonchev–Trinajstić information content (AvgIpc) is 2.69. The van der Waals surface area contributed by atoms with Crippen molar-refractivity contribution in [1.82, 2.24) is 5.32 Å². The van der Waals surface area contributed by atoms with Crippen LogP contribution in [-0.2, 0) is 4.79 Å². The van der Waals surface area contributed by atoms with Gasteiger partial charge in [-0.1, -0.05) is 55.3 Å². The van der Waals surface area contributed by atoms with E-state index in [1.165, 1.54) is 0 Å². The summed E-state index contributed by atoms with van der Waals surface area (Å²) in [5, 5.41) is 11.9. The predicted octanol–water partition coefficient (Wildman–Crippen LogP) is 4.97. The number of allylic oxidation sites excluding steroid dienone is 1. The number of carboxylic acids is 1. The van der Waals surface area contributed by atoms with Gasteiger partial charge in [-0.2, -0.15) is 0 Å². The van der Waals surface area contributed by atoms with E-state index in [4.69, 9.17) is 16.7 Å². The maximum absolute atomic E-state index is 12.3. The molecule has 1 heterocycles. The monoisotopic (exact) mass is 398 g/mol. The highest BCUT2D eigenvalue weighted by molar-refractivity contribution is 6.24. The van der Waals surface area contributed by atoms with E-state index in [1.54, 1.807) is 24.3 Å². The van der Waals surface area contributed by atoms with Crippen molar-refractivity contribution in [3.8, 4) is 11.1 Å². The second-order valence-electron chi connectivity index (χ2n) is 6.75. The van der Waals surface area contributed by atoms with E-state index in [1.807, 2.05) is 36.1 Å². The second-order valence-corrected chi connectivity index (χ2v) is 7.17. The number of hydrogen-bond acceptors (Lipinski definition) is 3. The summed E-state index contributed by atoms with van der Waals surface area (Å²) in [5.74, 6) is -1.11. The highest BCUT2D eigenvalue weighted by Gasteiger charge is 2.31. The Morgan fingerprint density at radius 3 is 2.50 bits per heavy atom. The lowest BCUT2D eigenvalue weighted by molar-refractivity contribution is -0.118. The zero-order valence-corrected chi connectivity index (χ0v) is 16.7. The van der Waals surface area contributed by atoms with E-state index in [0.717, 1.165) is 41.8 Å². The van der Waals surface area contributed by atoms with Gasteiger partial charge in [0.05, 0.1) is 11.3 Å². The molecule has 1 unspecified atom stereocenters. The fourth-order valence-corrected chi connectivity index (χ4v) is 3.69. The Bertz CT molecular complexity index is 922. The molecule has 1 aliphatic heterocycles. The molecule has 28 heavy (non-hydrogen) atoms. The van der Waals surface area contributed by atoms with Crippen molar-refractivity contribution in [3.63, 3.8) is 0 Å². The van der Waals surface area contributed by atoms with E-state index in [-0.39, 0.29) is 11.5 Å². The van der Waals surface area contributed by atoms with Gasteiger partial charge in [-0.25, -0.2) is 4.79 Å². The van der Waals surface area contributed by atoms with Gasteiger partial charge in [0.15, 0.2) is 5.62 Å². The summed E-state index contributed by atoms with van der Waals surface area (Å²) in [7, 11) is 0. The molecule has 0 bridgehead atoms. The van der Waals surface area contributed by atoms with Gasteiger partial charge in [-0.15, -0.1) is 0 Å². The number of halogens is 1. The summed E-state index contributed by atoms with van der Waals surface area (Å²) in [6.07, 6.45) is 2.72. The Balaban J connectivity index is 2.09. The van der Waals surface area contributed by atoms with E-state index in [2.05, 4.69) is 12.2 Å². The van der Waals surface area contributed by atoms with E-state index in [9.17, 15) is 9.59 Å². The van der Waals surface area contributed by atoms with Gasteiger partial charge in [0, 0.05) is 16.8 Å². The molecule has 3 rings (SSSR count). The molecule has 146 valence electrons. The summed E-state index contributed by atoms with van der Waals surface area (Å²) in [6.45, 7) is 3.93. The summed E-state index contributed by atoms with van der Waals surface area (Å²) in [6, 6.07) is 14.5. The minimum atomic E-state index is -0.959. The maximum Gasteiger partial charge on any atom is 0.335 e. The first-order chi connectivity index (χ1) is 13.4. The first-order valence-corrected chi connectivity index (χ1v) is 9.74. The Morgan fingerprint density at radius 1 is 1.18 bits per heavy atom. The lowest BCUT2D eigenvalue weighted by Crippen LogP contribution is -2.50. The van der Waals surface area contributed by atoms with Crippen molar-refractivity contribution in [2.45, 2.75) is 38.7 Å². The molecule has 0 saturated heterocycles. The Morgan fingerprint density at radius 2 is 1.86 bits per heavy atom. The first-order valence-electron chi connectivity index (χ1n) is 9.30. The molecule has 0 fully saturated rings. The van der Waals surface area contributed by atoms with Crippen molar-refractivity contribution in [1.29, 1.82) is 0 Å². The van der Waals surface area contributed by atoms with Gasteiger partial charge in [0.1, 0.15) is 0 Å². The van der Waals surface area contributed by atoms with Gasteiger partial charge in [-0.05, 0) is 43.5 Å². The van der Waals surface area contributed by atoms with E-state index >= 15 is 0 Å². The second kappa shape index (κ2) is 8.48. The van der Waals surface area contributed by atoms with Gasteiger partial charge >= 0.3 is 5.97 Å². The summed E-state index contributed by atoms with van der Waals surface area (Å²) < 4.78 is 0. The number of rotatable bonds is 6. The Hall–Kier alpha value is -2.79. The lowest BCUT2D eigenvalue weighted by atomic mass is 9.99. The van der Waals surface area contributed by atoms with Crippen LogP contribution in [0.4, 0.5) is 5.69 Å². The number of nitrogens with one attached hydrogen (secondary N) is 1. The van der Waals surface area contributed by atoms with Crippen LogP contribution in [0.1, 0.15) is 43.5 Å². The number of amides is 1. The fourth-order valence-electron chi connectivity index (χ4n) is 3.37. The van der Waals surface area contributed by atoms with Crippen molar-refractivity contribution in [2.24, 2.45) is 0 Å². The largest absolute Gasteiger partial charge is 0.478 e. The molecule has 2 N–H and O–H groups in total. The predicted molar refractivity (Wildman–Crippen MR) is 111 cm³/mol. The number of nitrogens with zero attached hydrogens (tertiary/aromatic N) is 1. The van der Waals surface area contributed by atoms with Crippen molar-refractivity contribution >= 4 is 29.2 Å². The summed E-state index contributed by atoms with van der Waals surface area (Å²) >= 11 is 6.56. The van der Waals surface area contributed by atoms with Crippen LogP contribution in [-0.4, -0.2) is 22.6 Å². The van der Waals surface area contributed by atoms with Crippen LogP contribution in [0.3, 0.4) is 0 Å². The van der Waals surface area contributed by atoms with Crippen LogP contribution in [0.15, 0.2) is 59.8 Å². The molecule has 2 aromatic rings. The number of unbranched alkanes of at least 4 members (excludes halogenated alkanes) is 1. The summed E-state index contributed by atoms with van der Waals surface area (Å²) in [5.41, 5.74) is 3.80. The molecular formula is C22H23ClN2O3. The van der Waals surface area contributed by atoms with Crippen molar-refractivity contribution in [3.05, 3.63) is 65.4 Å². The minimum absolute atomic E-state index is 0.148. The molecule has 0 saturated carbocycles. The molecule has 1 amide bonds. The zero-order valence-electron chi connectivity index (χ0n) is 15.9. The number of carboxylic acid groups (broad SMARTS) is 1. The molecule has 6 heteroatoms. The topological polar surface area (TPSA) is 69.6 Å². The number of carbonyl (C=O) groups excluding carboxylic acids is 1. The van der Waals surface area contributed by atoms with Gasteiger partial charge in [0.2, 0.25) is 0 Å². The smallest absolute Gasteiger partial charge is 0.335 e. The third-order valence-corrected chi connectivity index (χ3v) is 5.22. The highest BCUT2D eigenvalue weighted by atomic mass is 35.5. The van der Waals surface area contributed by atoms with Crippen LogP contribution in [0.25, 0.3) is 11.1 Å². The number of alkyl halides is 1. The molecular weight excluding hydrogens is 376 g/mol. The number of hydrogen-bond donors (Lipinski definition) is 2. The molecule has 0 radical (unpaired) electrons. The molecule has 2 aromatic carbocycles. The van der Waals surface area contributed by atoms with Gasteiger partial charge < -0.3 is 15.3 Å². The number of para-hydroxylation sites is 1. The van der Waals surface area contributed by atoms with Crippen LogP contribution in [0.2, 0.25) is 0 Å². The fraction of sp³-hybridized carbons (Fsp3) is 0.273. The highest BCUT2D eigenvalue weighted by Crippen LogP contribution is 2.38. The molecule has 1 aliphatic rings. The molecule has 0 aliphatic carbocycles. The van der Waals surface area contributed by atoms with Crippen molar-refractivity contribution < 1.29 is 14.7 Å². The van der Waals surface area contributed by atoms with Gasteiger partial charge in [0.25, 0.3) is 5.91 Å². The lowest BCUT2D eigenvalue weighted by Gasteiger charge is -2.38. The maximum atomic E-state index is 12.3. The molecule has 0 spiro atoms. The molecule has 5 nitrogen and oxygen atoms in total. The standard InChI is InChI=1S/C22H23ClN2O3/c1-3-4-8-18-14(2)20(26)24-22(23)25(18)19-9-6-5-7-17(19)15-10-12-16(13-11-15)21(27)28/h5-7,9-13,22H,3-4,8H2,1-2H3,(H,24,26)(H,27,28). The number of aromatic carboxylic acids is 1. The average molecular weight is 399 g/mol. The number of anilines is 1. The minimum Gasteiger partial charge on any atom is -0.478 e.